The van der Waals surface area contributed by atoms with Crippen molar-refractivity contribution in [2.75, 3.05) is 18.1 Å². The fourth-order valence-corrected chi connectivity index (χ4v) is 7.04. The molecule has 1 aromatic rings. The number of amides is 3. The Morgan fingerprint density at radius 3 is 2.83 bits per heavy atom. The Morgan fingerprint density at radius 2 is 2.08 bits per heavy atom. The maximum atomic E-state index is 13.8. The number of likely N-dealkylation sites (tertiary alicyclic amines) is 1. The molecule has 8 heteroatoms. The number of anilines is 1. The lowest BCUT2D eigenvalue weighted by atomic mass is 9.73. The average molecular weight is 510 g/mol. The molecule has 5 rings (SSSR count). The standard InChI is InChI=1S/C28H35N3O4S/c1-5-14-31-24(26(33)30-20-11-6-8-16(2)17(20)3)28-13-12-21(35-28)22(23(28)27(31)34)25(32)29-18-9-7-10-19(15-18)36-4/h5,7,9-10,12-13,15-17,20-24H,1,6,8,11,14H2,2-4H3,(H,29,32)(H,30,33)/t16-,17-,20+,21-,22+,23-,24-,28-/m0/s1. The van der Waals surface area contributed by atoms with Crippen molar-refractivity contribution >= 4 is 35.2 Å². The highest BCUT2D eigenvalue weighted by Gasteiger charge is 2.72. The smallest absolute Gasteiger partial charge is 0.246 e. The number of carbonyl (C=O) groups excluding carboxylic acids is 3. The van der Waals surface area contributed by atoms with E-state index >= 15 is 0 Å². The zero-order valence-electron chi connectivity index (χ0n) is 21.1. The van der Waals surface area contributed by atoms with Gasteiger partial charge in [-0.05, 0) is 42.7 Å². The van der Waals surface area contributed by atoms with Gasteiger partial charge in [0.25, 0.3) is 0 Å². The highest BCUT2D eigenvalue weighted by atomic mass is 32.2. The van der Waals surface area contributed by atoms with E-state index in [1.165, 1.54) is 0 Å². The summed E-state index contributed by atoms with van der Waals surface area (Å²) in [6.07, 6.45) is 9.91. The van der Waals surface area contributed by atoms with Crippen molar-refractivity contribution in [3.05, 3.63) is 49.1 Å². The molecule has 0 aromatic heterocycles. The Morgan fingerprint density at radius 1 is 1.28 bits per heavy atom. The lowest BCUT2D eigenvalue weighted by Crippen LogP contribution is -2.57. The normalized spacial score (nSPS) is 36.6. The summed E-state index contributed by atoms with van der Waals surface area (Å²) in [4.78, 5) is 43.6. The summed E-state index contributed by atoms with van der Waals surface area (Å²) < 4.78 is 6.38. The summed E-state index contributed by atoms with van der Waals surface area (Å²) in [6.45, 7) is 8.43. The van der Waals surface area contributed by atoms with Crippen LogP contribution in [0.1, 0.15) is 33.1 Å². The third-order valence-corrected chi connectivity index (χ3v) is 9.35. The highest BCUT2D eigenvalue weighted by molar-refractivity contribution is 7.98. The molecule has 1 saturated carbocycles. The summed E-state index contributed by atoms with van der Waals surface area (Å²) in [5, 5.41) is 6.24. The molecule has 3 amide bonds. The van der Waals surface area contributed by atoms with E-state index in [4.69, 9.17) is 4.74 Å². The quantitative estimate of drug-likeness (QED) is 0.433. The van der Waals surface area contributed by atoms with Crippen LogP contribution in [0.25, 0.3) is 0 Å². The molecule has 1 aliphatic carbocycles. The second-order valence-corrected chi connectivity index (χ2v) is 11.5. The molecule has 192 valence electrons. The Hall–Kier alpha value is -2.58. The largest absolute Gasteiger partial charge is 0.359 e. The number of ether oxygens (including phenoxy) is 1. The second-order valence-electron chi connectivity index (χ2n) is 10.6. The van der Waals surface area contributed by atoms with Gasteiger partial charge < -0.3 is 20.3 Å². The average Bonchev–Trinajstić information content (AvgIpc) is 3.50. The molecule has 3 heterocycles. The Balaban J connectivity index is 1.42. The van der Waals surface area contributed by atoms with Crippen LogP contribution < -0.4 is 10.6 Å². The molecular formula is C28H35N3O4S. The highest BCUT2D eigenvalue weighted by Crippen LogP contribution is 2.55. The van der Waals surface area contributed by atoms with E-state index in [1.807, 2.05) is 42.7 Å². The minimum Gasteiger partial charge on any atom is -0.359 e. The first-order chi connectivity index (χ1) is 17.3. The van der Waals surface area contributed by atoms with Crippen molar-refractivity contribution in [3.8, 4) is 0 Å². The molecule has 0 radical (unpaired) electrons. The van der Waals surface area contributed by atoms with Crippen LogP contribution in [0.3, 0.4) is 0 Å². The number of thioether (sulfide) groups is 1. The maximum absolute atomic E-state index is 13.8. The molecule has 2 N–H and O–H groups in total. The Kier molecular flexibility index (Phi) is 6.76. The van der Waals surface area contributed by atoms with Crippen LogP contribution in [0.5, 0.6) is 0 Å². The summed E-state index contributed by atoms with van der Waals surface area (Å²) in [5.41, 5.74) is -0.475. The van der Waals surface area contributed by atoms with Gasteiger partial charge in [0.2, 0.25) is 17.7 Å². The van der Waals surface area contributed by atoms with Crippen LogP contribution in [0.15, 0.2) is 54.0 Å². The first kappa shape index (κ1) is 25.1. The summed E-state index contributed by atoms with van der Waals surface area (Å²) in [7, 11) is 0. The number of nitrogens with one attached hydrogen (secondary N) is 2. The predicted octanol–water partition coefficient (Wildman–Crippen LogP) is 3.62. The molecule has 2 saturated heterocycles. The number of benzene rings is 1. The molecule has 8 atom stereocenters. The van der Waals surface area contributed by atoms with Crippen molar-refractivity contribution in [3.63, 3.8) is 0 Å². The molecule has 1 aromatic carbocycles. The van der Waals surface area contributed by atoms with Crippen molar-refractivity contribution in [1.29, 1.82) is 0 Å². The van der Waals surface area contributed by atoms with Gasteiger partial charge in [0, 0.05) is 23.2 Å². The Labute approximate surface area is 217 Å². The van der Waals surface area contributed by atoms with E-state index < -0.39 is 29.6 Å². The lowest BCUT2D eigenvalue weighted by Gasteiger charge is -2.37. The second kappa shape index (κ2) is 9.71. The van der Waals surface area contributed by atoms with Gasteiger partial charge in [0.1, 0.15) is 11.6 Å². The van der Waals surface area contributed by atoms with Gasteiger partial charge in [-0.15, -0.1) is 18.3 Å². The number of hydrogen-bond donors (Lipinski definition) is 2. The monoisotopic (exact) mass is 509 g/mol. The minimum absolute atomic E-state index is 0.0581. The first-order valence-electron chi connectivity index (χ1n) is 12.8. The molecule has 2 bridgehead atoms. The van der Waals surface area contributed by atoms with Crippen LogP contribution in [0, 0.1) is 23.7 Å². The van der Waals surface area contributed by atoms with Crippen molar-refractivity contribution in [2.24, 2.45) is 23.7 Å². The summed E-state index contributed by atoms with van der Waals surface area (Å²) >= 11 is 1.59. The number of fused-ring (bicyclic) bond motifs is 1. The molecule has 3 aliphatic heterocycles. The molecule has 36 heavy (non-hydrogen) atoms. The van der Waals surface area contributed by atoms with Crippen LogP contribution >= 0.6 is 11.8 Å². The van der Waals surface area contributed by atoms with Crippen molar-refractivity contribution < 1.29 is 19.1 Å². The van der Waals surface area contributed by atoms with Gasteiger partial charge in [-0.2, -0.15) is 0 Å². The fraction of sp³-hybridized carbons (Fsp3) is 0.536. The van der Waals surface area contributed by atoms with Gasteiger partial charge in [0.05, 0.1) is 17.9 Å². The molecule has 0 unspecified atom stereocenters. The topological polar surface area (TPSA) is 87.7 Å². The SMILES string of the molecule is C=CCN1C(=O)[C@@H]2[C@H](C(=O)Nc3cccc(SC)c3)[C@@H]3C=C[C@@]2(O3)[C@@H]1C(=O)N[C@@H]1CCC[C@H](C)[C@@H]1C. The van der Waals surface area contributed by atoms with Crippen LogP contribution in [0.4, 0.5) is 5.69 Å². The number of carbonyl (C=O) groups is 3. The molecule has 1 spiro atoms. The zero-order valence-corrected chi connectivity index (χ0v) is 21.9. The van der Waals surface area contributed by atoms with Crippen LogP contribution in [-0.4, -0.2) is 59.2 Å². The van der Waals surface area contributed by atoms with Gasteiger partial charge >= 0.3 is 0 Å². The number of rotatable bonds is 7. The lowest BCUT2D eigenvalue weighted by molar-refractivity contribution is -0.141. The van der Waals surface area contributed by atoms with Gasteiger partial charge in [0.15, 0.2) is 0 Å². The van der Waals surface area contributed by atoms with Gasteiger partial charge in [-0.25, -0.2) is 0 Å². The van der Waals surface area contributed by atoms with Crippen molar-refractivity contribution in [2.45, 2.75) is 61.8 Å². The third kappa shape index (κ3) is 3.98. The summed E-state index contributed by atoms with van der Waals surface area (Å²) in [5.74, 6) is -1.29. The van der Waals surface area contributed by atoms with Crippen LogP contribution in [0.2, 0.25) is 0 Å². The molecule has 3 fully saturated rings. The van der Waals surface area contributed by atoms with Crippen LogP contribution in [-0.2, 0) is 19.1 Å². The molecular weight excluding hydrogens is 474 g/mol. The number of nitrogens with zero attached hydrogens (tertiary/aromatic N) is 1. The zero-order chi connectivity index (χ0) is 25.6. The molecule has 7 nitrogen and oxygen atoms in total. The van der Waals surface area contributed by atoms with Crippen molar-refractivity contribution in [1.82, 2.24) is 10.2 Å². The van der Waals surface area contributed by atoms with Gasteiger partial charge in [-0.3, -0.25) is 14.4 Å². The van der Waals surface area contributed by atoms with E-state index in [2.05, 4.69) is 31.1 Å². The Bertz CT molecular complexity index is 1110. The fourth-order valence-electron chi connectivity index (χ4n) is 6.58. The van der Waals surface area contributed by atoms with Gasteiger partial charge in [-0.1, -0.05) is 51.0 Å². The van der Waals surface area contributed by atoms with E-state index in [-0.39, 0.29) is 30.3 Å². The van der Waals surface area contributed by atoms with E-state index in [1.54, 1.807) is 22.7 Å². The first-order valence-corrected chi connectivity index (χ1v) is 14.1. The van der Waals surface area contributed by atoms with E-state index in [9.17, 15) is 14.4 Å². The van der Waals surface area contributed by atoms with E-state index in [0.717, 1.165) is 24.2 Å². The predicted molar refractivity (Wildman–Crippen MR) is 140 cm³/mol. The third-order valence-electron chi connectivity index (χ3n) is 8.62. The van der Waals surface area contributed by atoms with E-state index in [0.29, 0.717) is 17.5 Å². The number of hydrogen-bond acceptors (Lipinski definition) is 5. The minimum atomic E-state index is -1.15. The molecule has 4 aliphatic rings. The summed E-state index contributed by atoms with van der Waals surface area (Å²) in [6, 6.07) is 6.83. The maximum Gasteiger partial charge on any atom is 0.246 e.